The molecule has 1 aromatic rings. The molecule has 1 heterocycles. The zero-order valence-corrected chi connectivity index (χ0v) is 12.5. The van der Waals surface area contributed by atoms with Crippen LogP contribution in [0.2, 0.25) is 0 Å². The second-order valence-electron chi connectivity index (χ2n) is 3.40. The summed E-state index contributed by atoms with van der Waals surface area (Å²) < 4.78 is 0. The van der Waals surface area contributed by atoms with Gasteiger partial charge in [-0.3, -0.25) is 4.79 Å². The summed E-state index contributed by atoms with van der Waals surface area (Å²) in [5.41, 5.74) is 2.81. The van der Waals surface area contributed by atoms with Crippen molar-refractivity contribution in [2.24, 2.45) is 0 Å². The van der Waals surface area contributed by atoms with Gasteiger partial charge in [0.15, 0.2) is 0 Å². The highest BCUT2D eigenvalue weighted by Crippen LogP contribution is 2.04. The molecular weight excluding hydrogens is 281 g/mol. The van der Waals surface area contributed by atoms with Crippen LogP contribution in [-0.2, 0) is 11.2 Å². The van der Waals surface area contributed by atoms with Crippen LogP contribution in [0.25, 0.3) is 0 Å². The van der Waals surface area contributed by atoms with E-state index in [9.17, 15) is 4.79 Å². The van der Waals surface area contributed by atoms with Crippen LogP contribution in [0.1, 0.15) is 12.1 Å². The number of amides is 1. The zero-order chi connectivity index (χ0) is 11.1. The van der Waals surface area contributed by atoms with Crippen LogP contribution in [0, 0.1) is 0 Å². The molecule has 0 fully saturated rings. The van der Waals surface area contributed by atoms with E-state index in [1.165, 1.54) is 0 Å². The molecule has 1 aromatic heterocycles. The van der Waals surface area contributed by atoms with Crippen molar-refractivity contribution in [2.75, 3.05) is 27.2 Å². The predicted octanol–water partition coefficient (Wildman–Crippen LogP) is 1.60. The number of hydrogen-bond acceptors (Lipinski definition) is 4. The molecule has 0 saturated heterocycles. The number of aromatic nitrogens is 1. The van der Waals surface area contributed by atoms with Crippen LogP contribution in [0.15, 0.2) is 10.9 Å². The molecule has 0 bridgehead atoms. The van der Waals surface area contributed by atoms with Crippen LogP contribution < -0.4 is 5.32 Å². The summed E-state index contributed by atoms with van der Waals surface area (Å²) in [5.74, 6) is 0.179. The quantitative estimate of drug-likeness (QED) is 0.868. The third kappa shape index (κ3) is 7.54. The van der Waals surface area contributed by atoms with Gasteiger partial charge in [-0.25, -0.2) is 4.98 Å². The molecule has 0 atom stereocenters. The molecule has 17 heavy (non-hydrogen) atoms. The van der Waals surface area contributed by atoms with Crippen LogP contribution in [0.3, 0.4) is 0 Å². The Hall–Kier alpha value is -0.360. The van der Waals surface area contributed by atoms with E-state index in [2.05, 4.69) is 10.3 Å². The highest BCUT2D eigenvalue weighted by molar-refractivity contribution is 7.07. The molecule has 4 nitrogen and oxygen atoms in total. The number of carbonyl (C=O) groups is 1. The third-order valence-electron chi connectivity index (χ3n) is 2.20. The summed E-state index contributed by atoms with van der Waals surface area (Å²) in [6.45, 7) is 1.59. The molecule has 1 amide bonds. The summed E-state index contributed by atoms with van der Waals surface area (Å²) in [6, 6.07) is 0. The molecule has 100 valence electrons. The van der Waals surface area contributed by atoms with Crippen LogP contribution in [-0.4, -0.2) is 43.0 Å². The maximum atomic E-state index is 11.6. The average molecular weight is 300 g/mol. The normalized spacial score (nSPS) is 9.06. The van der Waals surface area contributed by atoms with Gasteiger partial charge in [0.2, 0.25) is 5.91 Å². The Morgan fingerprint density at radius 2 is 2.24 bits per heavy atom. The van der Waals surface area contributed by atoms with Crippen molar-refractivity contribution in [3.63, 3.8) is 0 Å². The lowest BCUT2D eigenvalue weighted by Crippen LogP contribution is -2.32. The van der Waals surface area contributed by atoms with Gasteiger partial charge in [-0.05, 0) is 13.5 Å². The van der Waals surface area contributed by atoms with Crippen molar-refractivity contribution < 1.29 is 4.79 Å². The van der Waals surface area contributed by atoms with Crippen molar-refractivity contribution in [1.82, 2.24) is 15.2 Å². The summed E-state index contributed by atoms with van der Waals surface area (Å²) in [4.78, 5) is 17.5. The minimum absolute atomic E-state index is 0. The van der Waals surface area contributed by atoms with Gasteiger partial charge in [0, 0.05) is 31.9 Å². The number of aryl methyl sites for hydroxylation is 1. The zero-order valence-electron chi connectivity index (χ0n) is 10.0. The van der Waals surface area contributed by atoms with E-state index in [1.807, 2.05) is 19.5 Å². The van der Waals surface area contributed by atoms with E-state index in [0.29, 0.717) is 6.42 Å². The number of nitrogens with one attached hydrogen (secondary N) is 1. The van der Waals surface area contributed by atoms with E-state index < -0.39 is 0 Å². The van der Waals surface area contributed by atoms with Crippen molar-refractivity contribution in [2.45, 2.75) is 12.8 Å². The lowest BCUT2D eigenvalue weighted by molar-refractivity contribution is -0.129. The van der Waals surface area contributed by atoms with Gasteiger partial charge in [-0.1, -0.05) is 0 Å². The molecule has 0 aliphatic heterocycles. The lowest BCUT2D eigenvalue weighted by atomic mass is 10.2. The third-order valence-corrected chi connectivity index (χ3v) is 2.84. The Morgan fingerprint density at radius 1 is 1.53 bits per heavy atom. The SMILES string of the molecule is CNCCN(C)C(=O)CCc1cscn1.Cl.Cl. The molecule has 0 aliphatic rings. The van der Waals surface area contributed by atoms with Crippen molar-refractivity contribution in [3.05, 3.63) is 16.6 Å². The fourth-order valence-corrected chi connectivity index (χ4v) is 1.78. The second-order valence-corrected chi connectivity index (χ2v) is 4.12. The molecule has 1 rings (SSSR count). The van der Waals surface area contributed by atoms with E-state index in [-0.39, 0.29) is 30.7 Å². The molecule has 0 unspecified atom stereocenters. The maximum Gasteiger partial charge on any atom is 0.222 e. The minimum atomic E-state index is 0. The maximum absolute atomic E-state index is 11.6. The van der Waals surface area contributed by atoms with Gasteiger partial charge < -0.3 is 10.2 Å². The Balaban J connectivity index is 0. The fraction of sp³-hybridized carbons (Fsp3) is 0.600. The lowest BCUT2D eigenvalue weighted by Gasteiger charge is -2.16. The first-order chi connectivity index (χ1) is 7.24. The Morgan fingerprint density at radius 3 is 2.76 bits per heavy atom. The van der Waals surface area contributed by atoms with Gasteiger partial charge in [0.25, 0.3) is 0 Å². The van der Waals surface area contributed by atoms with Crippen LogP contribution in [0.5, 0.6) is 0 Å². The Kier molecular flexibility index (Phi) is 12.0. The largest absolute Gasteiger partial charge is 0.344 e. The predicted molar refractivity (Wildman–Crippen MR) is 76.5 cm³/mol. The van der Waals surface area contributed by atoms with Crippen molar-refractivity contribution in [3.8, 4) is 0 Å². The Bertz CT molecular complexity index is 296. The highest BCUT2D eigenvalue weighted by atomic mass is 35.5. The van der Waals surface area contributed by atoms with E-state index in [4.69, 9.17) is 0 Å². The Labute approximate surface area is 119 Å². The van der Waals surface area contributed by atoms with E-state index in [1.54, 1.807) is 21.7 Å². The molecule has 0 aromatic carbocycles. The molecule has 0 spiro atoms. The van der Waals surface area contributed by atoms with Gasteiger partial charge >= 0.3 is 0 Å². The summed E-state index contributed by atoms with van der Waals surface area (Å²) in [5, 5.41) is 5.01. The van der Waals surface area contributed by atoms with Crippen LogP contribution in [0.4, 0.5) is 0 Å². The average Bonchev–Trinajstić information content (AvgIpc) is 2.75. The molecule has 1 N–H and O–H groups in total. The molecule has 0 radical (unpaired) electrons. The number of nitrogens with zero attached hydrogens (tertiary/aromatic N) is 2. The van der Waals surface area contributed by atoms with Crippen LogP contribution >= 0.6 is 36.2 Å². The standard InChI is InChI=1S/C10H17N3OS.2ClH/c1-11-5-6-13(2)10(14)4-3-9-7-15-8-12-9;;/h7-8,11H,3-6H2,1-2H3;2*1H. The number of carbonyl (C=O) groups excluding carboxylic acids is 1. The molecule has 7 heteroatoms. The summed E-state index contributed by atoms with van der Waals surface area (Å²) in [7, 11) is 3.72. The summed E-state index contributed by atoms with van der Waals surface area (Å²) in [6.07, 6.45) is 1.29. The second kappa shape index (κ2) is 10.8. The van der Waals surface area contributed by atoms with Crippen molar-refractivity contribution in [1.29, 1.82) is 0 Å². The first kappa shape index (κ1) is 19.0. The van der Waals surface area contributed by atoms with Gasteiger partial charge in [-0.15, -0.1) is 36.2 Å². The first-order valence-corrected chi connectivity index (χ1v) is 5.94. The van der Waals surface area contributed by atoms with Gasteiger partial charge in [0.05, 0.1) is 11.2 Å². The topological polar surface area (TPSA) is 45.2 Å². The molecular formula is C10H19Cl2N3OS. The first-order valence-electron chi connectivity index (χ1n) is 4.99. The number of hydrogen-bond donors (Lipinski definition) is 1. The number of halogens is 2. The molecule has 0 aliphatic carbocycles. The highest BCUT2D eigenvalue weighted by Gasteiger charge is 2.08. The number of likely N-dealkylation sites (N-methyl/N-ethyl adjacent to an activating group) is 2. The fourth-order valence-electron chi connectivity index (χ4n) is 1.19. The number of thiazole rings is 1. The smallest absolute Gasteiger partial charge is 0.222 e. The van der Waals surface area contributed by atoms with Crippen molar-refractivity contribution >= 4 is 42.1 Å². The van der Waals surface area contributed by atoms with Gasteiger partial charge in [0.1, 0.15) is 0 Å². The van der Waals surface area contributed by atoms with Gasteiger partial charge in [-0.2, -0.15) is 0 Å². The van der Waals surface area contributed by atoms with E-state index >= 15 is 0 Å². The molecule has 0 saturated carbocycles. The summed E-state index contributed by atoms with van der Waals surface area (Å²) >= 11 is 1.57. The van der Waals surface area contributed by atoms with E-state index in [0.717, 1.165) is 25.2 Å². The monoisotopic (exact) mass is 299 g/mol. The minimum Gasteiger partial charge on any atom is -0.344 e. The number of rotatable bonds is 6.